The van der Waals surface area contributed by atoms with Gasteiger partial charge in [0.15, 0.2) is 0 Å². The van der Waals surface area contributed by atoms with Gasteiger partial charge in [-0.25, -0.2) is 0 Å². The molecule has 0 fully saturated rings. The number of hydrogen-bond donors (Lipinski definition) is 2. The first-order valence-corrected chi connectivity index (χ1v) is 7.59. The van der Waals surface area contributed by atoms with Crippen molar-refractivity contribution in [3.05, 3.63) is 0 Å². The Hall–Kier alpha value is -0.570. The van der Waals surface area contributed by atoms with Crippen molar-refractivity contribution in [1.82, 2.24) is 0 Å². The molecule has 108 valence electrons. The zero-order valence-electron chi connectivity index (χ0n) is 12.2. The van der Waals surface area contributed by atoms with Gasteiger partial charge < -0.3 is 10.8 Å². The third-order valence-electron chi connectivity index (χ3n) is 3.57. The monoisotopic (exact) mass is 257 g/mol. The SMILES string of the molecule is CCCCCCCCCCC(O)(CCC)C(N)=O. The fraction of sp³-hybridized carbons (Fsp3) is 0.933. The van der Waals surface area contributed by atoms with Crippen LogP contribution < -0.4 is 5.73 Å². The summed E-state index contributed by atoms with van der Waals surface area (Å²) in [6.07, 6.45) is 11.5. The molecule has 3 heteroatoms. The summed E-state index contributed by atoms with van der Waals surface area (Å²) in [5, 5.41) is 10.1. The molecular formula is C15H31NO2. The molecule has 1 amide bonds. The Morgan fingerprint density at radius 2 is 1.39 bits per heavy atom. The molecule has 0 rings (SSSR count). The molecule has 3 nitrogen and oxygen atoms in total. The summed E-state index contributed by atoms with van der Waals surface area (Å²) in [5.74, 6) is -0.563. The number of aliphatic hydroxyl groups is 1. The van der Waals surface area contributed by atoms with Gasteiger partial charge in [-0.15, -0.1) is 0 Å². The van der Waals surface area contributed by atoms with E-state index in [0.717, 1.165) is 19.3 Å². The summed E-state index contributed by atoms with van der Waals surface area (Å²) in [4.78, 5) is 11.2. The maximum Gasteiger partial charge on any atom is 0.249 e. The van der Waals surface area contributed by atoms with E-state index in [-0.39, 0.29) is 0 Å². The number of carbonyl (C=O) groups excluding carboxylic acids is 1. The standard InChI is InChI=1S/C15H31NO2/c1-3-5-6-7-8-9-10-11-13-15(18,12-4-2)14(16)17/h18H,3-13H2,1-2H3,(H2,16,17). The van der Waals surface area contributed by atoms with Crippen molar-refractivity contribution in [3.8, 4) is 0 Å². The molecule has 0 saturated carbocycles. The molecule has 0 bridgehead atoms. The Morgan fingerprint density at radius 3 is 1.83 bits per heavy atom. The fourth-order valence-corrected chi connectivity index (χ4v) is 2.34. The normalized spacial score (nSPS) is 14.4. The number of hydrogen-bond acceptors (Lipinski definition) is 2. The number of nitrogens with two attached hydrogens (primary N) is 1. The van der Waals surface area contributed by atoms with Crippen LogP contribution in [0.5, 0.6) is 0 Å². The van der Waals surface area contributed by atoms with E-state index < -0.39 is 11.5 Å². The molecule has 3 N–H and O–H groups in total. The molecule has 18 heavy (non-hydrogen) atoms. The number of rotatable bonds is 12. The van der Waals surface area contributed by atoms with Gasteiger partial charge in [0.05, 0.1) is 0 Å². The lowest BCUT2D eigenvalue weighted by atomic mass is 9.90. The summed E-state index contributed by atoms with van der Waals surface area (Å²) in [7, 11) is 0. The highest BCUT2D eigenvalue weighted by molar-refractivity contribution is 5.83. The van der Waals surface area contributed by atoms with Crippen LogP contribution in [0, 0.1) is 0 Å². The maximum atomic E-state index is 11.2. The predicted octanol–water partition coefficient (Wildman–Crippen LogP) is 3.53. The van der Waals surface area contributed by atoms with Crippen molar-refractivity contribution in [1.29, 1.82) is 0 Å². The Balaban J connectivity index is 3.59. The summed E-state index contributed by atoms with van der Waals surface area (Å²) in [6.45, 7) is 4.18. The minimum Gasteiger partial charge on any atom is -0.380 e. The molecule has 0 aliphatic rings. The van der Waals surface area contributed by atoms with Gasteiger partial charge in [0, 0.05) is 0 Å². The number of carbonyl (C=O) groups is 1. The van der Waals surface area contributed by atoms with Crippen LogP contribution in [0.2, 0.25) is 0 Å². The van der Waals surface area contributed by atoms with Crippen molar-refractivity contribution in [2.45, 2.75) is 90.1 Å². The first-order chi connectivity index (χ1) is 8.56. The lowest BCUT2D eigenvalue weighted by molar-refractivity contribution is -0.137. The van der Waals surface area contributed by atoms with Crippen molar-refractivity contribution in [2.75, 3.05) is 0 Å². The molecule has 0 aliphatic heterocycles. The highest BCUT2D eigenvalue weighted by Gasteiger charge is 2.31. The highest BCUT2D eigenvalue weighted by atomic mass is 16.3. The zero-order chi connectivity index (χ0) is 13.9. The number of amides is 1. The van der Waals surface area contributed by atoms with Crippen molar-refractivity contribution in [3.63, 3.8) is 0 Å². The average Bonchev–Trinajstić information content (AvgIpc) is 2.33. The van der Waals surface area contributed by atoms with Crippen LogP contribution >= 0.6 is 0 Å². The largest absolute Gasteiger partial charge is 0.380 e. The van der Waals surface area contributed by atoms with Gasteiger partial charge in [-0.05, 0) is 12.8 Å². The minimum absolute atomic E-state index is 0.485. The summed E-state index contributed by atoms with van der Waals surface area (Å²) >= 11 is 0. The third-order valence-corrected chi connectivity index (χ3v) is 3.57. The summed E-state index contributed by atoms with van der Waals surface area (Å²) in [6, 6.07) is 0. The molecule has 1 atom stereocenters. The van der Waals surface area contributed by atoms with Gasteiger partial charge in [0.2, 0.25) is 5.91 Å². The molecule has 0 radical (unpaired) electrons. The lowest BCUT2D eigenvalue weighted by Crippen LogP contribution is -2.43. The first-order valence-electron chi connectivity index (χ1n) is 7.59. The van der Waals surface area contributed by atoms with E-state index >= 15 is 0 Å². The Morgan fingerprint density at radius 1 is 0.889 bits per heavy atom. The van der Waals surface area contributed by atoms with Crippen molar-refractivity contribution < 1.29 is 9.90 Å². The Labute approximate surface area is 112 Å². The second-order valence-electron chi connectivity index (χ2n) is 5.37. The van der Waals surface area contributed by atoms with Gasteiger partial charge in [-0.1, -0.05) is 71.6 Å². The second-order valence-corrected chi connectivity index (χ2v) is 5.37. The smallest absolute Gasteiger partial charge is 0.249 e. The molecule has 0 heterocycles. The number of unbranched alkanes of at least 4 members (excludes halogenated alkanes) is 7. The Kier molecular flexibility index (Phi) is 10.0. The van der Waals surface area contributed by atoms with Crippen LogP contribution in [0.1, 0.15) is 84.5 Å². The summed E-state index contributed by atoms with van der Waals surface area (Å²) < 4.78 is 0. The molecule has 0 aromatic rings. The average molecular weight is 257 g/mol. The maximum absolute atomic E-state index is 11.2. The quantitative estimate of drug-likeness (QED) is 0.525. The van der Waals surface area contributed by atoms with Crippen LogP contribution in [0.4, 0.5) is 0 Å². The summed E-state index contributed by atoms with van der Waals surface area (Å²) in [5.41, 5.74) is 4.00. The van der Waals surface area contributed by atoms with E-state index in [2.05, 4.69) is 6.92 Å². The van der Waals surface area contributed by atoms with E-state index in [9.17, 15) is 9.90 Å². The lowest BCUT2D eigenvalue weighted by Gasteiger charge is -2.23. The topological polar surface area (TPSA) is 63.3 Å². The molecule has 0 aromatic heterocycles. The van der Waals surface area contributed by atoms with Gasteiger partial charge in [0.1, 0.15) is 5.60 Å². The van der Waals surface area contributed by atoms with Crippen molar-refractivity contribution in [2.24, 2.45) is 5.73 Å². The highest BCUT2D eigenvalue weighted by Crippen LogP contribution is 2.21. The van der Waals surface area contributed by atoms with Crippen LogP contribution in [0.25, 0.3) is 0 Å². The minimum atomic E-state index is -1.27. The molecule has 0 aromatic carbocycles. The van der Waals surface area contributed by atoms with Crippen LogP contribution in [0.3, 0.4) is 0 Å². The molecule has 1 unspecified atom stereocenters. The Bertz CT molecular complexity index is 219. The molecule has 0 saturated heterocycles. The van der Waals surface area contributed by atoms with E-state index in [4.69, 9.17) is 5.73 Å². The molecule has 0 aliphatic carbocycles. The predicted molar refractivity (Wildman–Crippen MR) is 76.3 cm³/mol. The van der Waals surface area contributed by atoms with Gasteiger partial charge in [-0.3, -0.25) is 4.79 Å². The fourth-order valence-electron chi connectivity index (χ4n) is 2.34. The zero-order valence-corrected chi connectivity index (χ0v) is 12.2. The first kappa shape index (κ1) is 17.4. The van der Waals surface area contributed by atoms with Gasteiger partial charge >= 0.3 is 0 Å². The van der Waals surface area contributed by atoms with Crippen LogP contribution in [-0.2, 0) is 4.79 Å². The second kappa shape index (κ2) is 10.4. The molecule has 0 spiro atoms. The van der Waals surface area contributed by atoms with E-state index in [1.807, 2.05) is 6.92 Å². The van der Waals surface area contributed by atoms with Gasteiger partial charge in [0.25, 0.3) is 0 Å². The number of primary amides is 1. The third kappa shape index (κ3) is 7.70. The van der Waals surface area contributed by atoms with Crippen LogP contribution in [0.15, 0.2) is 0 Å². The van der Waals surface area contributed by atoms with Gasteiger partial charge in [-0.2, -0.15) is 0 Å². The van der Waals surface area contributed by atoms with E-state index in [1.54, 1.807) is 0 Å². The molecular weight excluding hydrogens is 226 g/mol. The van der Waals surface area contributed by atoms with Crippen LogP contribution in [-0.4, -0.2) is 16.6 Å². The van der Waals surface area contributed by atoms with Crippen molar-refractivity contribution >= 4 is 5.91 Å². The van der Waals surface area contributed by atoms with E-state index in [0.29, 0.717) is 12.8 Å². The van der Waals surface area contributed by atoms with E-state index in [1.165, 1.54) is 38.5 Å².